The summed E-state index contributed by atoms with van der Waals surface area (Å²) in [6, 6.07) is 5.54. The molecule has 0 bridgehead atoms. The summed E-state index contributed by atoms with van der Waals surface area (Å²) in [6.45, 7) is 4.48. The van der Waals surface area contributed by atoms with Crippen molar-refractivity contribution in [2.45, 2.75) is 39.2 Å². The lowest BCUT2D eigenvalue weighted by Crippen LogP contribution is -2.30. The van der Waals surface area contributed by atoms with E-state index in [1.807, 2.05) is 0 Å². The number of oxazole rings is 1. The Kier molecular flexibility index (Phi) is 2.92. The second kappa shape index (κ2) is 4.51. The molecule has 1 heterocycles. The Bertz CT molecular complexity index is 660. The van der Waals surface area contributed by atoms with Gasteiger partial charge in [-0.1, -0.05) is 20.3 Å². The van der Waals surface area contributed by atoms with Gasteiger partial charge < -0.3 is 14.8 Å². The number of nitrogens with zero attached hydrogens (tertiary/aromatic N) is 1. The van der Waals surface area contributed by atoms with Gasteiger partial charge in [0.05, 0.1) is 5.56 Å². The van der Waals surface area contributed by atoms with Gasteiger partial charge in [0.25, 0.3) is 6.01 Å². The van der Waals surface area contributed by atoms with Gasteiger partial charge in [0.1, 0.15) is 5.52 Å². The molecule has 1 aliphatic rings. The number of aromatic carboxylic acids is 1. The van der Waals surface area contributed by atoms with E-state index in [4.69, 9.17) is 9.52 Å². The van der Waals surface area contributed by atoms with Crippen LogP contribution < -0.4 is 5.32 Å². The molecular formula is C15H18N2O3. The molecule has 1 unspecified atom stereocenters. The lowest BCUT2D eigenvalue weighted by atomic mass is 9.87. The van der Waals surface area contributed by atoms with Crippen molar-refractivity contribution >= 4 is 23.1 Å². The first-order valence-electron chi connectivity index (χ1n) is 6.86. The van der Waals surface area contributed by atoms with E-state index in [0.29, 0.717) is 23.2 Å². The lowest BCUT2D eigenvalue weighted by molar-refractivity contribution is 0.0697. The second-order valence-corrected chi connectivity index (χ2v) is 6.08. The molecule has 1 saturated carbocycles. The number of benzene rings is 1. The van der Waals surface area contributed by atoms with Crippen LogP contribution in [0.4, 0.5) is 6.01 Å². The van der Waals surface area contributed by atoms with Crippen LogP contribution in [0, 0.1) is 5.41 Å². The second-order valence-electron chi connectivity index (χ2n) is 6.08. The van der Waals surface area contributed by atoms with Gasteiger partial charge in [-0.25, -0.2) is 4.79 Å². The molecular weight excluding hydrogens is 256 g/mol. The molecule has 3 rings (SSSR count). The van der Waals surface area contributed by atoms with E-state index in [9.17, 15) is 4.79 Å². The maximum atomic E-state index is 10.9. The van der Waals surface area contributed by atoms with Crippen molar-refractivity contribution in [1.82, 2.24) is 4.98 Å². The van der Waals surface area contributed by atoms with Gasteiger partial charge in [0, 0.05) is 6.04 Å². The minimum absolute atomic E-state index is 0.210. The van der Waals surface area contributed by atoms with E-state index in [-0.39, 0.29) is 11.0 Å². The van der Waals surface area contributed by atoms with Crippen LogP contribution in [0.3, 0.4) is 0 Å². The molecule has 5 heteroatoms. The van der Waals surface area contributed by atoms with E-state index in [2.05, 4.69) is 24.1 Å². The van der Waals surface area contributed by atoms with Crippen molar-refractivity contribution in [3.05, 3.63) is 23.8 Å². The number of hydrogen-bond donors (Lipinski definition) is 2. The van der Waals surface area contributed by atoms with Gasteiger partial charge in [-0.15, -0.1) is 0 Å². The Hall–Kier alpha value is -2.04. The molecule has 0 aliphatic heterocycles. The third kappa shape index (κ3) is 2.24. The first-order chi connectivity index (χ1) is 9.45. The summed E-state index contributed by atoms with van der Waals surface area (Å²) in [5.74, 6) is -0.963. The summed E-state index contributed by atoms with van der Waals surface area (Å²) < 4.78 is 5.63. The summed E-state index contributed by atoms with van der Waals surface area (Å²) in [7, 11) is 0. The number of anilines is 1. The average Bonchev–Trinajstić information content (AvgIpc) is 2.92. The molecule has 20 heavy (non-hydrogen) atoms. The summed E-state index contributed by atoms with van der Waals surface area (Å²) >= 11 is 0. The van der Waals surface area contributed by atoms with Gasteiger partial charge in [0.15, 0.2) is 5.58 Å². The summed E-state index contributed by atoms with van der Waals surface area (Å²) in [5.41, 5.74) is 1.62. The van der Waals surface area contributed by atoms with Crippen molar-refractivity contribution in [2.24, 2.45) is 5.41 Å². The van der Waals surface area contributed by atoms with Crippen molar-refractivity contribution in [1.29, 1.82) is 0 Å². The van der Waals surface area contributed by atoms with Crippen molar-refractivity contribution in [3.8, 4) is 0 Å². The number of aromatic nitrogens is 1. The smallest absolute Gasteiger partial charge is 0.335 e. The molecule has 2 aromatic rings. The number of fused-ring (bicyclic) bond motifs is 1. The predicted molar refractivity (Wildman–Crippen MR) is 76.0 cm³/mol. The molecule has 1 aliphatic carbocycles. The molecule has 1 aromatic heterocycles. The van der Waals surface area contributed by atoms with Gasteiger partial charge in [-0.2, -0.15) is 4.98 Å². The van der Waals surface area contributed by atoms with Gasteiger partial charge in [-0.3, -0.25) is 0 Å². The van der Waals surface area contributed by atoms with E-state index in [0.717, 1.165) is 6.42 Å². The van der Waals surface area contributed by atoms with Crippen molar-refractivity contribution in [3.63, 3.8) is 0 Å². The number of rotatable bonds is 3. The molecule has 2 N–H and O–H groups in total. The number of nitrogens with one attached hydrogen (secondary N) is 1. The first-order valence-corrected chi connectivity index (χ1v) is 6.86. The Morgan fingerprint density at radius 3 is 2.95 bits per heavy atom. The maximum Gasteiger partial charge on any atom is 0.335 e. The quantitative estimate of drug-likeness (QED) is 0.895. The molecule has 1 atom stereocenters. The Balaban J connectivity index is 1.88. The maximum absolute atomic E-state index is 10.9. The van der Waals surface area contributed by atoms with E-state index < -0.39 is 5.97 Å². The Labute approximate surface area is 117 Å². The van der Waals surface area contributed by atoms with Gasteiger partial charge >= 0.3 is 5.97 Å². The van der Waals surface area contributed by atoms with Crippen LogP contribution in [0.5, 0.6) is 0 Å². The van der Waals surface area contributed by atoms with Crippen LogP contribution >= 0.6 is 0 Å². The molecule has 106 valence electrons. The number of carboxylic acids is 1. The van der Waals surface area contributed by atoms with Crippen LogP contribution in [0.2, 0.25) is 0 Å². The fraction of sp³-hybridized carbons (Fsp3) is 0.467. The van der Waals surface area contributed by atoms with Crippen LogP contribution in [0.1, 0.15) is 43.5 Å². The lowest BCUT2D eigenvalue weighted by Gasteiger charge is -2.26. The third-order valence-corrected chi connectivity index (χ3v) is 4.19. The Morgan fingerprint density at radius 2 is 2.30 bits per heavy atom. The molecule has 0 saturated heterocycles. The molecule has 0 amide bonds. The van der Waals surface area contributed by atoms with Crippen molar-refractivity contribution < 1.29 is 14.3 Å². The highest BCUT2D eigenvalue weighted by Gasteiger charge is 2.35. The Morgan fingerprint density at radius 1 is 1.50 bits per heavy atom. The zero-order valence-electron chi connectivity index (χ0n) is 11.6. The number of hydrogen-bond acceptors (Lipinski definition) is 4. The highest BCUT2D eigenvalue weighted by Crippen LogP contribution is 2.39. The summed E-state index contributed by atoms with van der Waals surface area (Å²) in [4.78, 5) is 15.3. The molecule has 0 spiro atoms. The summed E-state index contributed by atoms with van der Waals surface area (Å²) in [5, 5.41) is 12.3. The minimum Gasteiger partial charge on any atom is -0.478 e. The molecule has 1 aromatic carbocycles. The SMILES string of the molecule is CC1(C)CCCC1Nc1nc2ccc(C(=O)O)cc2o1. The van der Waals surface area contributed by atoms with Crippen LogP contribution in [-0.4, -0.2) is 22.1 Å². The van der Waals surface area contributed by atoms with E-state index >= 15 is 0 Å². The predicted octanol–water partition coefficient (Wildman–Crippen LogP) is 3.52. The third-order valence-electron chi connectivity index (χ3n) is 4.19. The zero-order valence-corrected chi connectivity index (χ0v) is 11.6. The monoisotopic (exact) mass is 274 g/mol. The zero-order chi connectivity index (χ0) is 14.3. The molecule has 5 nitrogen and oxygen atoms in total. The minimum atomic E-state index is -0.963. The van der Waals surface area contributed by atoms with Crippen LogP contribution in [0.15, 0.2) is 22.6 Å². The first kappa shape index (κ1) is 13.0. The van der Waals surface area contributed by atoms with Gasteiger partial charge in [-0.05, 0) is 36.5 Å². The van der Waals surface area contributed by atoms with Crippen LogP contribution in [-0.2, 0) is 0 Å². The normalized spacial score (nSPS) is 21.2. The van der Waals surface area contributed by atoms with E-state index in [1.165, 1.54) is 25.0 Å². The number of carbonyl (C=O) groups is 1. The summed E-state index contributed by atoms with van der Waals surface area (Å²) in [6.07, 6.45) is 3.49. The molecule has 0 radical (unpaired) electrons. The highest BCUT2D eigenvalue weighted by molar-refractivity contribution is 5.92. The number of carboxylic acid groups (broad SMARTS) is 1. The average molecular weight is 274 g/mol. The van der Waals surface area contributed by atoms with Gasteiger partial charge in [0.2, 0.25) is 0 Å². The van der Waals surface area contributed by atoms with Crippen molar-refractivity contribution in [2.75, 3.05) is 5.32 Å². The topological polar surface area (TPSA) is 75.4 Å². The highest BCUT2D eigenvalue weighted by atomic mass is 16.4. The largest absolute Gasteiger partial charge is 0.478 e. The van der Waals surface area contributed by atoms with E-state index in [1.54, 1.807) is 6.07 Å². The molecule has 1 fully saturated rings. The standard InChI is InChI=1S/C15H18N2O3/c1-15(2)7-3-4-12(15)17-14-16-10-6-5-9(13(18)19)8-11(10)20-14/h5-6,8,12H,3-4,7H2,1-2H3,(H,16,17)(H,18,19). The van der Waals surface area contributed by atoms with Crippen LogP contribution in [0.25, 0.3) is 11.1 Å². The fourth-order valence-electron chi connectivity index (χ4n) is 2.86. The fourth-order valence-corrected chi connectivity index (χ4v) is 2.86.